The molecule has 0 radical (unpaired) electrons. The lowest BCUT2D eigenvalue weighted by Crippen LogP contribution is -2.21. The highest BCUT2D eigenvalue weighted by atomic mass is 16.4. The van der Waals surface area contributed by atoms with Crippen LogP contribution in [0.15, 0.2) is 0 Å². The third-order valence-corrected chi connectivity index (χ3v) is 2.53. The Hall–Kier alpha value is -0.650. The summed E-state index contributed by atoms with van der Waals surface area (Å²) in [6.45, 7) is 1.42. The van der Waals surface area contributed by atoms with Crippen molar-refractivity contribution in [2.24, 2.45) is 5.92 Å². The first kappa shape index (κ1) is 15.3. The summed E-state index contributed by atoms with van der Waals surface area (Å²) < 4.78 is 0. The maximum atomic E-state index is 10.4. The molecule has 0 atom stereocenters. The molecule has 0 aliphatic heterocycles. The van der Waals surface area contributed by atoms with Crippen molar-refractivity contribution in [1.29, 1.82) is 0 Å². The minimum Gasteiger partial charge on any atom is -0.481 e. The second-order valence-corrected chi connectivity index (χ2v) is 3.87. The van der Waals surface area contributed by atoms with Gasteiger partial charge in [-0.05, 0) is 12.8 Å². The van der Waals surface area contributed by atoms with Crippen LogP contribution in [-0.4, -0.2) is 47.6 Å². The van der Waals surface area contributed by atoms with Crippen LogP contribution < -0.4 is 5.32 Å². The van der Waals surface area contributed by atoms with Crippen molar-refractivity contribution in [2.75, 3.05) is 26.3 Å². The maximum Gasteiger partial charge on any atom is 0.306 e. The predicted molar refractivity (Wildman–Crippen MR) is 61.3 cm³/mol. The van der Waals surface area contributed by atoms with E-state index in [0.29, 0.717) is 13.1 Å². The second-order valence-electron chi connectivity index (χ2n) is 3.87. The fourth-order valence-electron chi connectivity index (χ4n) is 1.63. The van der Waals surface area contributed by atoms with E-state index in [9.17, 15) is 4.79 Å². The molecule has 1 fully saturated rings. The van der Waals surface area contributed by atoms with E-state index >= 15 is 0 Å². The van der Waals surface area contributed by atoms with E-state index in [4.69, 9.17) is 15.3 Å². The van der Waals surface area contributed by atoms with Crippen molar-refractivity contribution >= 4 is 5.97 Å². The molecule has 0 heterocycles. The van der Waals surface area contributed by atoms with Gasteiger partial charge in [-0.3, -0.25) is 4.79 Å². The highest BCUT2D eigenvalue weighted by Crippen LogP contribution is 2.23. The summed E-state index contributed by atoms with van der Waals surface area (Å²) in [5.74, 6) is -0.631. The lowest BCUT2D eigenvalue weighted by atomic mass is 9.90. The zero-order valence-electron chi connectivity index (χ0n) is 9.69. The van der Waals surface area contributed by atoms with Crippen LogP contribution >= 0.6 is 0 Å². The highest BCUT2D eigenvalue weighted by Gasteiger charge is 2.19. The molecule has 0 aromatic heterocycles. The number of aliphatic carboxylic acids is 1. The Kier molecular flexibility index (Phi) is 10.4. The van der Waals surface area contributed by atoms with Crippen molar-refractivity contribution in [1.82, 2.24) is 5.32 Å². The molecule has 0 aromatic rings. The van der Waals surface area contributed by atoms with Gasteiger partial charge in [-0.15, -0.1) is 0 Å². The van der Waals surface area contributed by atoms with Gasteiger partial charge in [-0.2, -0.15) is 0 Å². The largest absolute Gasteiger partial charge is 0.481 e. The lowest BCUT2D eigenvalue weighted by Gasteiger charge is -2.16. The third kappa shape index (κ3) is 8.64. The molecule has 1 aliphatic carbocycles. The number of carboxylic acid groups (broad SMARTS) is 1. The standard InChI is InChI=1S/C7H12O2.C4H11NO2/c8-7(9)6-4-2-1-3-5-6;6-3-1-5-2-4-7/h6H,1-5H2,(H,8,9);5-7H,1-4H2. The van der Waals surface area contributed by atoms with E-state index in [0.717, 1.165) is 25.7 Å². The molecule has 0 spiro atoms. The summed E-state index contributed by atoms with van der Waals surface area (Å²) >= 11 is 0. The quantitative estimate of drug-likeness (QED) is 0.510. The minimum absolute atomic E-state index is 0.0289. The predicted octanol–water partition coefficient (Wildman–Crippen LogP) is 0.212. The highest BCUT2D eigenvalue weighted by molar-refractivity contribution is 5.69. The monoisotopic (exact) mass is 233 g/mol. The molecular weight excluding hydrogens is 210 g/mol. The zero-order chi connectivity index (χ0) is 12.2. The van der Waals surface area contributed by atoms with Crippen molar-refractivity contribution in [3.05, 3.63) is 0 Å². The van der Waals surface area contributed by atoms with Crippen molar-refractivity contribution in [3.63, 3.8) is 0 Å². The van der Waals surface area contributed by atoms with Crippen LogP contribution in [0.3, 0.4) is 0 Å². The Labute approximate surface area is 96.5 Å². The molecule has 96 valence electrons. The zero-order valence-corrected chi connectivity index (χ0v) is 9.69. The number of hydrogen-bond acceptors (Lipinski definition) is 4. The van der Waals surface area contributed by atoms with Crippen LogP contribution in [0, 0.1) is 5.92 Å². The summed E-state index contributed by atoms with van der Waals surface area (Å²) in [5.41, 5.74) is 0. The first-order valence-electron chi connectivity index (χ1n) is 5.87. The molecule has 1 aliphatic rings. The van der Waals surface area contributed by atoms with Crippen LogP contribution in [0.1, 0.15) is 32.1 Å². The number of carbonyl (C=O) groups is 1. The fraction of sp³-hybridized carbons (Fsp3) is 0.909. The first-order valence-corrected chi connectivity index (χ1v) is 5.87. The SMILES string of the molecule is O=C(O)C1CCCCC1.OCCNCCO. The van der Waals surface area contributed by atoms with Gasteiger partial charge in [0.05, 0.1) is 19.1 Å². The van der Waals surface area contributed by atoms with Crippen molar-refractivity contribution < 1.29 is 20.1 Å². The Balaban J connectivity index is 0.000000293. The number of hydrogen-bond donors (Lipinski definition) is 4. The van der Waals surface area contributed by atoms with E-state index in [2.05, 4.69) is 5.32 Å². The van der Waals surface area contributed by atoms with Crippen LogP contribution in [-0.2, 0) is 4.79 Å². The maximum absolute atomic E-state index is 10.4. The normalized spacial score (nSPS) is 16.4. The average Bonchev–Trinajstić information content (AvgIpc) is 2.32. The molecule has 5 heteroatoms. The molecular formula is C11H23NO4. The minimum atomic E-state index is -0.602. The fourth-order valence-corrected chi connectivity index (χ4v) is 1.63. The van der Waals surface area contributed by atoms with Crippen LogP contribution in [0.25, 0.3) is 0 Å². The van der Waals surface area contributed by atoms with Crippen molar-refractivity contribution in [3.8, 4) is 0 Å². The first-order chi connectivity index (χ1) is 7.72. The van der Waals surface area contributed by atoms with E-state index < -0.39 is 5.97 Å². The number of nitrogens with one attached hydrogen (secondary N) is 1. The van der Waals surface area contributed by atoms with E-state index in [-0.39, 0.29) is 19.1 Å². The molecule has 0 amide bonds. The lowest BCUT2D eigenvalue weighted by molar-refractivity contribution is -0.142. The molecule has 1 rings (SSSR count). The molecule has 0 bridgehead atoms. The van der Waals surface area contributed by atoms with Gasteiger partial charge in [0.25, 0.3) is 0 Å². The molecule has 0 aromatic carbocycles. The molecule has 0 saturated heterocycles. The summed E-state index contributed by atoms with van der Waals surface area (Å²) in [4.78, 5) is 10.4. The number of carboxylic acids is 1. The van der Waals surface area contributed by atoms with Gasteiger partial charge in [-0.25, -0.2) is 0 Å². The number of aliphatic hydroxyl groups excluding tert-OH is 2. The Bertz CT molecular complexity index is 165. The van der Waals surface area contributed by atoms with Crippen LogP contribution in [0.5, 0.6) is 0 Å². The van der Waals surface area contributed by atoms with Crippen molar-refractivity contribution in [2.45, 2.75) is 32.1 Å². The van der Waals surface area contributed by atoms with E-state index in [1.165, 1.54) is 6.42 Å². The molecule has 1 saturated carbocycles. The number of rotatable bonds is 5. The van der Waals surface area contributed by atoms with Gasteiger partial charge >= 0.3 is 5.97 Å². The summed E-state index contributed by atoms with van der Waals surface area (Å²) in [6, 6.07) is 0. The second kappa shape index (κ2) is 10.9. The van der Waals surface area contributed by atoms with Gasteiger partial charge in [0.2, 0.25) is 0 Å². The van der Waals surface area contributed by atoms with Crippen LogP contribution in [0.4, 0.5) is 0 Å². The van der Waals surface area contributed by atoms with Gasteiger partial charge in [-0.1, -0.05) is 19.3 Å². The smallest absolute Gasteiger partial charge is 0.306 e. The van der Waals surface area contributed by atoms with Crippen LogP contribution in [0.2, 0.25) is 0 Å². The average molecular weight is 233 g/mol. The van der Waals surface area contributed by atoms with Gasteiger partial charge < -0.3 is 20.6 Å². The molecule has 16 heavy (non-hydrogen) atoms. The Morgan fingerprint density at radius 3 is 1.88 bits per heavy atom. The molecule has 0 unspecified atom stereocenters. The topological polar surface area (TPSA) is 89.8 Å². The molecule has 5 nitrogen and oxygen atoms in total. The van der Waals surface area contributed by atoms with E-state index in [1.54, 1.807) is 0 Å². The Morgan fingerprint density at radius 2 is 1.56 bits per heavy atom. The van der Waals surface area contributed by atoms with Gasteiger partial charge in [0, 0.05) is 13.1 Å². The summed E-state index contributed by atoms with van der Waals surface area (Å²) in [5, 5.41) is 27.6. The Morgan fingerprint density at radius 1 is 1.06 bits per heavy atom. The number of aliphatic hydroxyl groups is 2. The summed E-state index contributed by atoms with van der Waals surface area (Å²) in [7, 11) is 0. The van der Waals surface area contributed by atoms with Gasteiger partial charge in [0.1, 0.15) is 0 Å². The summed E-state index contributed by atoms with van der Waals surface area (Å²) in [6.07, 6.45) is 5.24. The third-order valence-electron chi connectivity index (χ3n) is 2.53. The van der Waals surface area contributed by atoms with Gasteiger partial charge in [0.15, 0.2) is 0 Å². The van der Waals surface area contributed by atoms with E-state index in [1.807, 2.05) is 0 Å². The molecule has 4 N–H and O–H groups in total.